The normalized spacial score (nSPS) is 10.6. The molecule has 1 heterocycles. The standard InChI is InChI=1S/C15H19NO2S/c1-3-16-10-12-8-9-17-15(12)11-18-13-4-6-14(19-2)7-5-13/h4-9,16H,3,10-11H2,1-2H3. The van der Waals surface area contributed by atoms with Crippen molar-refractivity contribution in [1.29, 1.82) is 0 Å². The summed E-state index contributed by atoms with van der Waals surface area (Å²) in [6, 6.07) is 10.1. The van der Waals surface area contributed by atoms with E-state index in [4.69, 9.17) is 9.15 Å². The SMILES string of the molecule is CCNCc1ccoc1COc1ccc(SC)cc1. The average Bonchev–Trinajstić information content (AvgIpc) is 2.91. The highest BCUT2D eigenvalue weighted by Crippen LogP contribution is 2.20. The molecule has 2 aromatic rings. The smallest absolute Gasteiger partial charge is 0.146 e. The Morgan fingerprint density at radius 3 is 2.68 bits per heavy atom. The van der Waals surface area contributed by atoms with Gasteiger partial charge in [-0.1, -0.05) is 6.92 Å². The first kappa shape index (κ1) is 14.0. The van der Waals surface area contributed by atoms with Crippen molar-refractivity contribution in [1.82, 2.24) is 5.32 Å². The summed E-state index contributed by atoms with van der Waals surface area (Å²) in [6.45, 7) is 4.31. The molecule has 0 aliphatic heterocycles. The van der Waals surface area contributed by atoms with Crippen LogP contribution < -0.4 is 10.1 Å². The van der Waals surface area contributed by atoms with Crippen molar-refractivity contribution in [2.75, 3.05) is 12.8 Å². The monoisotopic (exact) mass is 277 g/mol. The van der Waals surface area contributed by atoms with E-state index in [-0.39, 0.29) is 0 Å². The fraction of sp³-hybridized carbons (Fsp3) is 0.333. The number of thioether (sulfide) groups is 1. The summed E-state index contributed by atoms with van der Waals surface area (Å²) in [5.74, 6) is 1.75. The Labute approximate surface area is 118 Å². The zero-order valence-electron chi connectivity index (χ0n) is 11.3. The van der Waals surface area contributed by atoms with Gasteiger partial charge < -0.3 is 14.5 Å². The number of nitrogens with one attached hydrogen (secondary N) is 1. The van der Waals surface area contributed by atoms with Gasteiger partial charge in [-0.05, 0) is 43.1 Å². The van der Waals surface area contributed by atoms with E-state index in [9.17, 15) is 0 Å². The van der Waals surface area contributed by atoms with Crippen LogP contribution in [0.15, 0.2) is 45.9 Å². The minimum absolute atomic E-state index is 0.465. The number of furan rings is 1. The van der Waals surface area contributed by atoms with Crippen LogP contribution in [0, 0.1) is 0 Å². The molecule has 0 amide bonds. The maximum absolute atomic E-state index is 5.74. The molecule has 1 aromatic heterocycles. The molecule has 0 saturated heterocycles. The van der Waals surface area contributed by atoms with Gasteiger partial charge in [0.2, 0.25) is 0 Å². The predicted molar refractivity (Wildman–Crippen MR) is 78.6 cm³/mol. The lowest BCUT2D eigenvalue weighted by atomic mass is 10.2. The van der Waals surface area contributed by atoms with Gasteiger partial charge in [0, 0.05) is 17.0 Å². The summed E-state index contributed by atoms with van der Waals surface area (Å²) in [7, 11) is 0. The third-order valence-electron chi connectivity index (χ3n) is 2.83. The van der Waals surface area contributed by atoms with Crippen molar-refractivity contribution in [3.63, 3.8) is 0 Å². The minimum atomic E-state index is 0.465. The van der Waals surface area contributed by atoms with Crippen LogP contribution in [0.4, 0.5) is 0 Å². The highest BCUT2D eigenvalue weighted by Gasteiger charge is 2.06. The maximum Gasteiger partial charge on any atom is 0.146 e. The molecule has 1 N–H and O–H groups in total. The molecule has 0 aliphatic carbocycles. The zero-order valence-corrected chi connectivity index (χ0v) is 12.1. The first-order valence-corrected chi connectivity index (χ1v) is 7.58. The second-order valence-corrected chi connectivity index (χ2v) is 4.99. The topological polar surface area (TPSA) is 34.4 Å². The van der Waals surface area contributed by atoms with E-state index in [1.165, 1.54) is 4.90 Å². The minimum Gasteiger partial charge on any atom is -0.486 e. The molecular formula is C15H19NO2S. The Hall–Kier alpha value is -1.39. The van der Waals surface area contributed by atoms with Gasteiger partial charge in [-0.3, -0.25) is 0 Å². The largest absolute Gasteiger partial charge is 0.486 e. The van der Waals surface area contributed by atoms with Crippen LogP contribution in [-0.2, 0) is 13.2 Å². The Morgan fingerprint density at radius 2 is 2.00 bits per heavy atom. The molecule has 102 valence electrons. The molecule has 2 rings (SSSR count). The Morgan fingerprint density at radius 1 is 1.21 bits per heavy atom. The van der Waals surface area contributed by atoms with Gasteiger partial charge in [-0.2, -0.15) is 0 Å². The van der Waals surface area contributed by atoms with Gasteiger partial charge in [0.15, 0.2) is 0 Å². The maximum atomic E-state index is 5.74. The van der Waals surface area contributed by atoms with E-state index in [1.54, 1.807) is 18.0 Å². The van der Waals surface area contributed by atoms with Crippen LogP contribution in [0.5, 0.6) is 5.75 Å². The lowest BCUT2D eigenvalue weighted by molar-refractivity contribution is 0.268. The molecule has 0 atom stereocenters. The van der Waals surface area contributed by atoms with Gasteiger partial charge in [0.05, 0.1) is 6.26 Å². The van der Waals surface area contributed by atoms with E-state index >= 15 is 0 Å². The molecule has 0 bridgehead atoms. The molecule has 0 spiro atoms. The van der Waals surface area contributed by atoms with Crippen LogP contribution in [-0.4, -0.2) is 12.8 Å². The molecule has 0 aliphatic rings. The van der Waals surface area contributed by atoms with Gasteiger partial charge in [-0.15, -0.1) is 11.8 Å². The van der Waals surface area contributed by atoms with Crippen molar-refractivity contribution in [3.05, 3.63) is 47.9 Å². The van der Waals surface area contributed by atoms with E-state index < -0.39 is 0 Å². The first-order valence-electron chi connectivity index (χ1n) is 6.36. The van der Waals surface area contributed by atoms with E-state index in [1.807, 2.05) is 18.2 Å². The molecule has 19 heavy (non-hydrogen) atoms. The summed E-state index contributed by atoms with van der Waals surface area (Å²) in [4.78, 5) is 1.23. The average molecular weight is 277 g/mol. The molecule has 0 radical (unpaired) electrons. The van der Waals surface area contributed by atoms with Crippen molar-refractivity contribution < 1.29 is 9.15 Å². The fourth-order valence-corrected chi connectivity index (χ4v) is 2.14. The molecule has 4 heteroatoms. The highest BCUT2D eigenvalue weighted by molar-refractivity contribution is 7.98. The number of hydrogen-bond acceptors (Lipinski definition) is 4. The summed E-state index contributed by atoms with van der Waals surface area (Å²) in [6.07, 6.45) is 3.77. The number of benzene rings is 1. The number of ether oxygens (including phenoxy) is 1. The van der Waals surface area contributed by atoms with E-state index in [0.717, 1.165) is 30.2 Å². The zero-order chi connectivity index (χ0) is 13.5. The van der Waals surface area contributed by atoms with Crippen LogP contribution in [0.25, 0.3) is 0 Å². The molecular weight excluding hydrogens is 258 g/mol. The summed E-state index contributed by atoms with van der Waals surface area (Å²) < 4.78 is 11.2. The second-order valence-electron chi connectivity index (χ2n) is 4.11. The fourth-order valence-electron chi connectivity index (χ4n) is 1.73. The number of rotatable bonds is 7. The molecule has 0 saturated carbocycles. The van der Waals surface area contributed by atoms with E-state index in [0.29, 0.717) is 6.61 Å². The van der Waals surface area contributed by atoms with Crippen LogP contribution >= 0.6 is 11.8 Å². The first-order chi connectivity index (χ1) is 9.33. The van der Waals surface area contributed by atoms with Gasteiger partial charge in [-0.25, -0.2) is 0 Å². The lowest BCUT2D eigenvalue weighted by Crippen LogP contribution is -2.12. The van der Waals surface area contributed by atoms with Crippen LogP contribution in [0.1, 0.15) is 18.2 Å². The Bertz CT molecular complexity index is 493. The van der Waals surface area contributed by atoms with Crippen molar-refractivity contribution >= 4 is 11.8 Å². The van der Waals surface area contributed by atoms with Crippen LogP contribution in [0.2, 0.25) is 0 Å². The summed E-state index contributed by atoms with van der Waals surface area (Å²) in [5.41, 5.74) is 1.16. The lowest BCUT2D eigenvalue weighted by Gasteiger charge is -2.07. The highest BCUT2D eigenvalue weighted by atomic mass is 32.2. The van der Waals surface area contributed by atoms with Crippen LogP contribution in [0.3, 0.4) is 0 Å². The molecule has 0 fully saturated rings. The van der Waals surface area contributed by atoms with E-state index in [2.05, 4.69) is 30.6 Å². The predicted octanol–water partition coefficient (Wildman–Crippen LogP) is 3.69. The van der Waals surface area contributed by atoms with Crippen molar-refractivity contribution in [2.45, 2.75) is 25.0 Å². The Kier molecular flexibility index (Phi) is 5.36. The van der Waals surface area contributed by atoms with Gasteiger partial charge in [0.1, 0.15) is 18.1 Å². The molecule has 1 aromatic carbocycles. The number of hydrogen-bond donors (Lipinski definition) is 1. The molecule has 0 unspecified atom stereocenters. The van der Waals surface area contributed by atoms with Gasteiger partial charge >= 0.3 is 0 Å². The third-order valence-corrected chi connectivity index (χ3v) is 3.58. The van der Waals surface area contributed by atoms with Crippen molar-refractivity contribution in [2.24, 2.45) is 0 Å². The molecule has 3 nitrogen and oxygen atoms in total. The van der Waals surface area contributed by atoms with Crippen molar-refractivity contribution in [3.8, 4) is 5.75 Å². The van der Waals surface area contributed by atoms with Gasteiger partial charge in [0.25, 0.3) is 0 Å². The quantitative estimate of drug-likeness (QED) is 0.783. The summed E-state index contributed by atoms with van der Waals surface area (Å²) >= 11 is 1.72. The Balaban J connectivity index is 1.92. The second kappa shape index (κ2) is 7.26. The summed E-state index contributed by atoms with van der Waals surface area (Å²) in [5, 5.41) is 3.29. The third kappa shape index (κ3) is 4.04.